The maximum atomic E-state index is 13.2. The molecule has 0 amide bonds. The van der Waals surface area contributed by atoms with Gasteiger partial charge in [0, 0.05) is 71.6 Å². The molecule has 0 saturated heterocycles. The van der Waals surface area contributed by atoms with Crippen LogP contribution in [0.4, 0.5) is 0 Å². The van der Waals surface area contributed by atoms with Crippen LogP contribution in [-0.2, 0) is 9.47 Å². The zero-order chi connectivity index (χ0) is 49.2. The van der Waals surface area contributed by atoms with E-state index < -0.39 is 16.1 Å². The van der Waals surface area contributed by atoms with Crippen molar-refractivity contribution in [1.29, 1.82) is 0 Å². The highest BCUT2D eigenvalue weighted by Crippen LogP contribution is 2.39. The van der Waals surface area contributed by atoms with Gasteiger partial charge in [0.15, 0.2) is 0 Å². The highest BCUT2D eigenvalue weighted by Gasteiger charge is 2.21. The fraction of sp³-hybridized carbons (Fsp3) is 0.167. The van der Waals surface area contributed by atoms with E-state index in [0.29, 0.717) is 24.3 Å². The van der Waals surface area contributed by atoms with Crippen LogP contribution in [0.5, 0.6) is 0 Å². The van der Waals surface area contributed by atoms with E-state index in [1.807, 2.05) is 121 Å². The van der Waals surface area contributed by atoms with E-state index in [-0.39, 0.29) is 11.9 Å². The third kappa shape index (κ3) is 10.3. The van der Waals surface area contributed by atoms with Gasteiger partial charge in [-0.2, -0.15) is 0 Å². The summed E-state index contributed by atoms with van der Waals surface area (Å²) in [6, 6.07) is 40.9. The number of terminal acetylenes is 2. The number of fused-ring (bicyclic) bond motifs is 8. The van der Waals surface area contributed by atoms with Gasteiger partial charge in [-0.1, -0.05) is 99.7 Å². The predicted molar refractivity (Wildman–Crippen MR) is 293 cm³/mol. The lowest BCUT2D eigenvalue weighted by molar-refractivity contribution is 0.0515. The van der Waals surface area contributed by atoms with Crippen molar-refractivity contribution in [3.8, 4) is 69.2 Å². The second kappa shape index (κ2) is 19.5. The molecule has 4 aromatic carbocycles. The van der Waals surface area contributed by atoms with Gasteiger partial charge in [-0.15, -0.1) is 12.8 Å². The summed E-state index contributed by atoms with van der Waals surface area (Å²) < 4.78 is 11.4. The van der Waals surface area contributed by atoms with Crippen LogP contribution >= 0.6 is 0 Å². The van der Waals surface area contributed by atoms with Gasteiger partial charge in [0.05, 0.1) is 47.1 Å². The highest BCUT2D eigenvalue weighted by molar-refractivity contribution is 6.76. The van der Waals surface area contributed by atoms with Gasteiger partial charge < -0.3 is 19.4 Å². The van der Waals surface area contributed by atoms with Gasteiger partial charge in [0.1, 0.15) is 0 Å². The Morgan fingerprint density at radius 1 is 0.443 bits per heavy atom. The Morgan fingerprint density at radius 2 is 0.714 bits per heavy atom. The van der Waals surface area contributed by atoms with Crippen LogP contribution < -0.4 is 0 Å². The SMILES string of the molecule is C#Cc1ccc(-c2c3nc(c(-c4ccc(C(=O)OCC[Si](C)(C)C)cc4)c4ccc([nH]4)c(-c4ccc(C#C)cc4)c4nc(c(-c5ccc(C(=O)OCC[Si](C)(C)C)cc5)c5ccc2[nH]5)C=C4)C=C3)cc1. The van der Waals surface area contributed by atoms with E-state index in [2.05, 4.69) is 85.4 Å². The highest BCUT2D eigenvalue weighted by atomic mass is 28.3. The van der Waals surface area contributed by atoms with Gasteiger partial charge in [-0.25, -0.2) is 19.6 Å². The number of nitrogens with zero attached hydrogens (tertiary/aromatic N) is 2. The van der Waals surface area contributed by atoms with Gasteiger partial charge in [0.25, 0.3) is 0 Å². The summed E-state index contributed by atoms with van der Waals surface area (Å²) in [4.78, 5) is 44.8. The van der Waals surface area contributed by atoms with Crippen molar-refractivity contribution >= 4 is 74.5 Å². The lowest BCUT2D eigenvalue weighted by Crippen LogP contribution is -2.22. The molecule has 7 aromatic rings. The van der Waals surface area contributed by atoms with Crippen LogP contribution in [0.1, 0.15) is 54.6 Å². The van der Waals surface area contributed by atoms with Crippen molar-refractivity contribution in [3.63, 3.8) is 0 Å². The maximum absolute atomic E-state index is 13.2. The van der Waals surface area contributed by atoms with Gasteiger partial charge in [-0.3, -0.25) is 0 Å². The molecule has 0 aliphatic carbocycles. The number of hydrogen-bond acceptors (Lipinski definition) is 6. The van der Waals surface area contributed by atoms with Crippen LogP contribution in [0.3, 0.4) is 0 Å². The predicted octanol–water partition coefficient (Wildman–Crippen LogP) is 14.3. The van der Waals surface area contributed by atoms with Crippen molar-refractivity contribution in [2.75, 3.05) is 13.2 Å². The number of nitrogens with one attached hydrogen (secondary N) is 2. The molecule has 346 valence electrons. The third-order valence-corrected chi connectivity index (χ3v) is 15.8. The molecule has 0 fully saturated rings. The van der Waals surface area contributed by atoms with E-state index in [4.69, 9.17) is 32.3 Å². The Labute approximate surface area is 411 Å². The van der Waals surface area contributed by atoms with E-state index in [1.165, 1.54) is 0 Å². The van der Waals surface area contributed by atoms with Crippen LogP contribution in [0.2, 0.25) is 51.4 Å². The zero-order valence-corrected chi connectivity index (χ0v) is 42.4. The van der Waals surface area contributed by atoms with Crippen molar-refractivity contribution in [2.45, 2.75) is 51.4 Å². The van der Waals surface area contributed by atoms with E-state index in [9.17, 15) is 9.59 Å². The average Bonchev–Trinajstić information content (AvgIpc) is 4.20. The first-order valence-electron chi connectivity index (χ1n) is 23.5. The quantitative estimate of drug-likeness (QED) is 0.0717. The van der Waals surface area contributed by atoms with Crippen LogP contribution in [0.15, 0.2) is 121 Å². The lowest BCUT2D eigenvalue weighted by atomic mass is 10.0. The fourth-order valence-corrected chi connectivity index (χ4v) is 9.93. The van der Waals surface area contributed by atoms with Gasteiger partial charge >= 0.3 is 11.9 Å². The molecule has 0 saturated carbocycles. The Balaban J connectivity index is 1.29. The molecule has 2 aliphatic heterocycles. The summed E-state index contributed by atoms with van der Waals surface area (Å²) >= 11 is 0. The summed E-state index contributed by atoms with van der Waals surface area (Å²) in [6.07, 6.45) is 19.8. The molecule has 5 heterocycles. The number of aromatic amines is 2. The summed E-state index contributed by atoms with van der Waals surface area (Å²) in [5, 5.41) is 0. The average molecular weight is 951 g/mol. The summed E-state index contributed by atoms with van der Waals surface area (Å²) in [7, 11) is -2.77. The maximum Gasteiger partial charge on any atom is 0.338 e. The van der Waals surface area contributed by atoms with Crippen molar-refractivity contribution < 1.29 is 19.1 Å². The first-order chi connectivity index (χ1) is 33.6. The number of hydrogen-bond donors (Lipinski definition) is 2. The van der Waals surface area contributed by atoms with Gasteiger partial charge in [-0.05, 0) is 131 Å². The van der Waals surface area contributed by atoms with E-state index in [1.54, 1.807) is 0 Å². The van der Waals surface area contributed by atoms with Crippen LogP contribution in [0, 0.1) is 24.7 Å². The van der Waals surface area contributed by atoms with E-state index >= 15 is 0 Å². The molecule has 2 aliphatic rings. The summed E-state index contributed by atoms with van der Waals surface area (Å²) in [5.41, 5.74) is 15.7. The molecule has 8 bridgehead atoms. The van der Waals surface area contributed by atoms with Crippen LogP contribution in [0.25, 0.3) is 90.9 Å². The standard InChI is InChI=1S/C60H54N4O4Si2/c1-9-39-11-15-41(16-12-39)55-47-27-31-51(61-47)57(43-19-23-45(24-20-43)59(65)67-35-37-69(3,4)5)53-33-29-49(63-53)56(42-17-13-40(10-2)14-18-42)50-30-34-54(64-50)58(52-32-28-48(55)62-52)44-21-25-46(26-22-44)60(66)68-36-38-70(6,7)8/h1-2,11-34,61,64H,35-38H2,3-8H3. The number of aromatic nitrogens is 4. The fourth-order valence-electron chi connectivity index (χ4n) is 8.50. The topological polar surface area (TPSA) is 110 Å². The molecule has 70 heavy (non-hydrogen) atoms. The monoisotopic (exact) mass is 950 g/mol. The molecular weight excluding hydrogens is 897 g/mol. The number of carbonyl (C=O) groups is 2. The number of carbonyl (C=O) groups excluding carboxylic acids is 2. The molecular formula is C60H54N4O4Si2. The Hall–Kier alpha value is -8.03. The van der Waals surface area contributed by atoms with Crippen molar-refractivity contribution in [2.24, 2.45) is 0 Å². The normalized spacial score (nSPS) is 12.1. The number of H-pyrrole nitrogens is 2. The number of rotatable bonds is 12. The second-order valence-electron chi connectivity index (χ2n) is 20.0. The molecule has 10 heteroatoms. The summed E-state index contributed by atoms with van der Waals surface area (Å²) in [6.45, 7) is 14.4. The third-order valence-electron chi connectivity index (χ3n) is 12.4. The van der Waals surface area contributed by atoms with E-state index in [0.717, 1.165) is 113 Å². The molecule has 8 nitrogen and oxygen atoms in total. The molecule has 9 rings (SSSR count). The Morgan fingerprint density at radius 3 is 0.971 bits per heavy atom. The van der Waals surface area contributed by atoms with Crippen LogP contribution in [-0.4, -0.2) is 61.2 Å². The minimum atomic E-state index is -1.38. The van der Waals surface area contributed by atoms with Crippen molar-refractivity contribution in [3.05, 3.63) is 166 Å². The second-order valence-corrected chi connectivity index (χ2v) is 31.2. The smallest absolute Gasteiger partial charge is 0.338 e. The number of benzene rings is 4. The largest absolute Gasteiger partial charge is 0.462 e. The summed E-state index contributed by atoms with van der Waals surface area (Å²) in [5.74, 6) is 4.81. The minimum absolute atomic E-state index is 0.342. The molecule has 2 N–H and O–H groups in total. The number of ether oxygens (including phenoxy) is 2. The molecule has 0 spiro atoms. The van der Waals surface area contributed by atoms with Gasteiger partial charge in [0.2, 0.25) is 0 Å². The Bertz CT molecular complexity index is 3250. The first-order valence-corrected chi connectivity index (χ1v) is 30.9. The zero-order valence-electron chi connectivity index (χ0n) is 40.4. The number of esters is 2. The first kappa shape index (κ1) is 47.1. The van der Waals surface area contributed by atoms with Crippen molar-refractivity contribution in [1.82, 2.24) is 19.9 Å². The molecule has 3 aromatic heterocycles. The minimum Gasteiger partial charge on any atom is -0.462 e. The molecule has 0 radical (unpaired) electrons. The molecule has 0 atom stereocenters. The molecule has 0 unspecified atom stereocenters. The lowest BCUT2D eigenvalue weighted by Gasteiger charge is -2.15. The Kier molecular flexibility index (Phi) is 13.1.